The van der Waals surface area contributed by atoms with Gasteiger partial charge in [-0.25, -0.2) is 0 Å². The summed E-state index contributed by atoms with van der Waals surface area (Å²) in [6, 6.07) is 17.1. The van der Waals surface area contributed by atoms with Crippen molar-refractivity contribution in [2.24, 2.45) is 17.3 Å². The van der Waals surface area contributed by atoms with Crippen LogP contribution in [0.25, 0.3) is 0 Å². The fourth-order valence-corrected chi connectivity index (χ4v) is 8.93. The Balaban J connectivity index is 1.27. The summed E-state index contributed by atoms with van der Waals surface area (Å²) in [7, 11) is 1.72. The minimum Gasteiger partial charge on any atom is -0.497 e. The molecule has 212 valence electrons. The molecule has 5 atom stereocenters. The molecule has 41 heavy (non-hydrogen) atoms. The molecule has 1 saturated heterocycles. The van der Waals surface area contributed by atoms with Crippen LogP contribution in [0, 0.1) is 29.1 Å². The summed E-state index contributed by atoms with van der Waals surface area (Å²) in [5, 5.41) is 12.4. The van der Waals surface area contributed by atoms with Crippen LogP contribution in [-0.4, -0.2) is 36.7 Å². The number of carbonyl (C=O) groups excluding carboxylic acids is 1. The summed E-state index contributed by atoms with van der Waals surface area (Å²) in [4.78, 5) is 14.8. The number of hydrogen-bond acceptors (Lipinski definition) is 4. The number of ether oxygens (including phenoxy) is 1. The van der Waals surface area contributed by atoms with Gasteiger partial charge in [0, 0.05) is 42.1 Å². The molecule has 0 aromatic heterocycles. The average molecular weight is 548 g/mol. The molecule has 0 bridgehead atoms. The first-order valence-electron chi connectivity index (χ1n) is 15.6. The number of allylic oxidation sites excluding steroid dienone is 4. The number of methoxy groups -OCH3 is 1. The van der Waals surface area contributed by atoms with Crippen molar-refractivity contribution in [3.8, 4) is 17.6 Å². The Hall–Kier alpha value is -3.29. The maximum absolute atomic E-state index is 12.4. The molecule has 1 N–H and O–H groups in total. The minimum atomic E-state index is -1.04. The van der Waals surface area contributed by atoms with Crippen molar-refractivity contribution in [3.63, 3.8) is 0 Å². The van der Waals surface area contributed by atoms with Crippen LogP contribution in [0.3, 0.4) is 0 Å². The number of benzene rings is 2. The standard InChI is InChI=1S/C37H41NO3/c1-36-24-33(26-6-5-7-30(23-26)41-2)35-31-15-13-29(39)22-27(31)10-14-32(35)34(36)17-19-37(36,40)18-16-25-8-11-28(12-9-25)38-20-3-4-21-38/h5-9,11-12,22-23,32-34,40H,3-4,10,13-15,17,19-21,24H2,1-2H3/t32-,33+,34-,36-,37-/m0/s1. The molecule has 2 aromatic rings. The fourth-order valence-electron chi connectivity index (χ4n) is 8.93. The molecule has 0 spiro atoms. The van der Waals surface area contributed by atoms with Crippen LogP contribution in [0.4, 0.5) is 5.69 Å². The monoisotopic (exact) mass is 547 g/mol. The summed E-state index contributed by atoms with van der Waals surface area (Å²) in [6.45, 7) is 4.57. The summed E-state index contributed by atoms with van der Waals surface area (Å²) in [6.07, 6.45) is 10.4. The Morgan fingerprint density at radius 2 is 1.83 bits per heavy atom. The van der Waals surface area contributed by atoms with Crippen LogP contribution in [0.1, 0.15) is 81.8 Å². The summed E-state index contributed by atoms with van der Waals surface area (Å²) >= 11 is 0. The first-order chi connectivity index (χ1) is 19.9. The van der Waals surface area contributed by atoms with E-state index in [2.05, 4.69) is 66.1 Å². The molecule has 0 unspecified atom stereocenters. The van der Waals surface area contributed by atoms with Gasteiger partial charge in [-0.2, -0.15) is 0 Å². The Kier molecular flexibility index (Phi) is 6.62. The average Bonchev–Trinajstić information content (AvgIpc) is 3.62. The SMILES string of the molecule is COc1cccc([C@H]2C[C@@]3(C)[C@@H](CC[C@@]3(O)C#Cc3ccc(N4CCCC4)cc3)[C@@H]3CCC4=CC(=O)CCC4=C32)c1. The molecule has 7 rings (SSSR count). The highest BCUT2D eigenvalue weighted by Gasteiger charge is 2.62. The van der Waals surface area contributed by atoms with Gasteiger partial charge in [-0.3, -0.25) is 4.79 Å². The second-order valence-electron chi connectivity index (χ2n) is 13.2. The number of ketones is 1. The third-order valence-electron chi connectivity index (χ3n) is 11.1. The lowest BCUT2D eigenvalue weighted by molar-refractivity contribution is -0.114. The van der Waals surface area contributed by atoms with E-state index in [1.165, 1.54) is 40.8 Å². The molecule has 0 amide bonds. The van der Waals surface area contributed by atoms with E-state index in [1.54, 1.807) is 7.11 Å². The quantitative estimate of drug-likeness (QED) is 0.422. The number of aliphatic hydroxyl groups is 1. The Morgan fingerprint density at radius 3 is 2.61 bits per heavy atom. The Labute approximate surface area is 244 Å². The molecular formula is C37H41NO3. The van der Waals surface area contributed by atoms with Gasteiger partial charge >= 0.3 is 0 Å². The smallest absolute Gasteiger partial charge is 0.156 e. The number of fused-ring (bicyclic) bond motifs is 4. The van der Waals surface area contributed by atoms with Crippen molar-refractivity contribution in [1.82, 2.24) is 0 Å². The highest BCUT2D eigenvalue weighted by atomic mass is 16.5. The van der Waals surface area contributed by atoms with Crippen molar-refractivity contribution in [1.29, 1.82) is 0 Å². The van der Waals surface area contributed by atoms with E-state index in [0.717, 1.165) is 56.5 Å². The van der Waals surface area contributed by atoms with Crippen LogP contribution >= 0.6 is 0 Å². The topological polar surface area (TPSA) is 49.8 Å². The van der Waals surface area contributed by atoms with E-state index in [0.29, 0.717) is 24.7 Å². The zero-order valence-corrected chi connectivity index (χ0v) is 24.4. The molecule has 0 radical (unpaired) electrons. The van der Waals surface area contributed by atoms with Gasteiger partial charge in [0.05, 0.1) is 7.11 Å². The second kappa shape index (κ2) is 10.2. The maximum Gasteiger partial charge on any atom is 0.156 e. The van der Waals surface area contributed by atoms with Gasteiger partial charge in [-0.15, -0.1) is 0 Å². The lowest BCUT2D eigenvalue weighted by atomic mass is 9.51. The van der Waals surface area contributed by atoms with Crippen molar-refractivity contribution >= 4 is 11.5 Å². The van der Waals surface area contributed by atoms with Crippen LogP contribution < -0.4 is 9.64 Å². The van der Waals surface area contributed by atoms with Gasteiger partial charge in [0.2, 0.25) is 0 Å². The first kappa shape index (κ1) is 26.6. The van der Waals surface area contributed by atoms with E-state index in [9.17, 15) is 9.90 Å². The molecule has 1 aliphatic heterocycles. The third kappa shape index (κ3) is 4.45. The van der Waals surface area contributed by atoms with Crippen molar-refractivity contribution in [3.05, 3.63) is 82.5 Å². The van der Waals surface area contributed by atoms with Gasteiger partial charge in [0.1, 0.15) is 11.4 Å². The summed E-state index contributed by atoms with van der Waals surface area (Å²) < 4.78 is 5.64. The van der Waals surface area contributed by atoms with E-state index in [4.69, 9.17) is 4.74 Å². The van der Waals surface area contributed by atoms with Gasteiger partial charge in [0.25, 0.3) is 0 Å². The highest BCUT2D eigenvalue weighted by molar-refractivity contribution is 5.93. The predicted octanol–water partition coefficient (Wildman–Crippen LogP) is 6.98. The van der Waals surface area contributed by atoms with Crippen molar-refractivity contribution in [2.45, 2.75) is 76.2 Å². The third-order valence-corrected chi connectivity index (χ3v) is 11.1. The normalized spacial score (nSPS) is 32.5. The first-order valence-corrected chi connectivity index (χ1v) is 15.6. The van der Waals surface area contributed by atoms with E-state index >= 15 is 0 Å². The Morgan fingerprint density at radius 1 is 1.02 bits per heavy atom. The second-order valence-corrected chi connectivity index (χ2v) is 13.2. The van der Waals surface area contributed by atoms with Crippen LogP contribution in [0.15, 0.2) is 71.3 Å². The molecule has 5 aliphatic rings. The minimum absolute atomic E-state index is 0.175. The Bertz CT molecular complexity index is 1480. The lowest BCUT2D eigenvalue weighted by Gasteiger charge is -2.53. The maximum atomic E-state index is 12.4. The zero-order valence-electron chi connectivity index (χ0n) is 24.4. The van der Waals surface area contributed by atoms with Crippen LogP contribution in [0.2, 0.25) is 0 Å². The summed E-state index contributed by atoms with van der Waals surface area (Å²) in [5.74, 6) is 8.93. The molecule has 4 nitrogen and oxygen atoms in total. The van der Waals surface area contributed by atoms with Crippen molar-refractivity contribution < 1.29 is 14.6 Å². The van der Waals surface area contributed by atoms with E-state index in [1.807, 2.05) is 12.1 Å². The number of carbonyl (C=O) groups is 1. The van der Waals surface area contributed by atoms with Gasteiger partial charge < -0.3 is 14.7 Å². The molecule has 1 heterocycles. The van der Waals surface area contributed by atoms with Crippen LogP contribution in [-0.2, 0) is 4.79 Å². The predicted molar refractivity (Wildman–Crippen MR) is 163 cm³/mol. The van der Waals surface area contributed by atoms with E-state index < -0.39 is 5.60 Å². The van der Waals surface area contributed by atoms with Crippen LogP contribution in [0.5, 0.6) is 5.75 Å². The number of nitrogens with zero attached hydrogens (tertiary/aromatic N) is 1. The van der Waals surface area contributed by atoms with E-state index in [-0.39, 0.29) is 17.1 Å². The number of hydrogen-bond donors (Lipinski definition) is 1. The largest absolute Gasteiger partial charge is 0.497 e. The fraction of sp³-hybridized carbons (Fsp3) is 0.486. The molecule has 3 fully saturated rings. The molecule has 2 saturated carbocycles. The number of rotatable bonds is 3. The van der Waals surface area contributed by atoms with Gasteiger partial charge in [-0.05, 0) is 122 Å². The van der Waals surface area contributed by atoms with Crippen molar-refractivity contribution in [2.75, 3.05) is 25.1 Å². The number of anilines is 1. The van der Waals surface area contributed by atoms with Gasteiger partial charge in [0.15, 0.2) is 5.78 Å². The summed E-state index contributed by atoms with van der Waals surface area (Å²) in [5.41, 5.74) is 6.32. The molecule has 2 aromatic carbocycles. The van der Waals surface area contributed by atoms with Gasteiger partial charge in [-0.1, -0.05) is 36.5 Å². The lowest BCUT2D eigenvalue weighted by Crippen LogP contribution is -2.51. The molecule has 4 aliphatic carbocycles. The molecular weight excluding hydrogens is 506 g/mol. The highest BCUT2D eigenvalue weighted by Crippen LogP contribution is 2.66. The zero-order chi connectivity index (χ0) is 28.2. The molecule has 4 heteroatoms.